The minimum atomic E-state index is -0.985. The molecule has 2 amide bonds. The molecule has 0 aromatic heterocycles. The predicted molar refractivity (Wildman–Crippen MR) is 164 cm³/mol. The van der Waals surface area contributed by atoms with E-state index in [1.807, 2.05) is 30.3 Å². The molecule has 2 N–H and O–H groups in total. The molecule has 2 aromatic rings. The Morgan fingerprint density at radius 2 is 1.93 bits per heavy atom. The number of phenols is 1. The number of hydrogen-bond acceptors (Lipinski definition) is 6. The average molecular weight is 655 g/mol. The lowest BCUT2D eigenvalue weighted by Crippen LogP contribution is -2.46. The molecule has 2 aromatic carbocycles. The number of anilines is 1. The highest BCUT2D eigenvalue weighted by Crippen LogP contribution is 2.51. The summed E-state index contributed by atoms with van der Waals surface area (Å²) in [6, 6.07) is 12.9. The minimum absolute atomic E-state index is 0.134. The van der Waals surface area contributed by atoms with Gasteiger partial charge in [-0.1, -0.05) is 49.3 Å². The van der Waals surface area contributed by atoms with E-state index in [0.29, 0.717) is 30.6 Å². The van der Waals surface area contributed by atoms with Gasteiger partial charge in [0.2, 0.25) is 11.8 Å². The van der Waals surface area contributed by atoms with Crippen molar-refractivity contribution in [3.05, 3.63) is 68.3 Å². The third-order valence-electron chi connectivity index (χ3n) is 8.57. The summed E-state index contributed by atoms with van der Waals surface area (Å²) in [6.45, 7) is 4.20. The molecule has 4 atom stereocenters. The number of para-hydroxylation sites is 1. The summed E-state index contributed by atoms with van der Waals surface area (Å²) in [4.78, 5) is 28.6. The largest absolute Gasteiger partial charge is 0.504 e. The van der Waals surface area contributed by atoms with Crippen molar-refractivity contribution in [1.82, 2.24) is 0 Å². The van der Waals surface area contributed by atoms with Crippen molar-refractivity contribution in [1.29, 1.82) is 0 Å². The Hall–Kier alpha value is -2.63. The van der Waals surface area contributed by atoms with E-state index in [9.17, 15) is 19.7 Å². The summed E-state index contributed by atoms with van der Waals surface area (Å²) in [5.41, 5.74) is 5.05. The van der Waals surface area contributed by atoms with Crippen LogP contribution in [0.5, 0.6) is 11.5 Å². The van der Waals surface area contributed by atoms with E-state index in [4.69, 9.17) is 9.39 Å². The van der Waals surface area contributed by atoms with Crippen LogP contribution in [0.2, 0.25) is 6.32 Å². The van der Waals surface area contributed by atoms with E-state index in [0.717, 1.165) is 34.0 Å². The molecule has 1 aliphatic carbocycles. The lowest BCUT2D eigenvalue weighted by molar-refractivity contribution is -0.122. The Kier molecular flexibility index (Phi) is 8.73. The summed E-state index contributed by atoms with van der Waals surface area (Å²) in [5, 5.41) is 21.0. The van der Waals surface area contributed by atoms with Gasteiger partial charge in [-0.05, 0) is 102 Å². The Morgan fingerprint density at radius 1 is 1.18 bits per heavy atom. The van der Waals surface area contributed by atoms with Crippen molar-refractivity contribution in [3.8, 4) is 11.5 Å². The highest BCUT2D eigenvalue weighted by molar-refractivity contribution is 14.1. The highest BCUT2D eigenvalue weighted by atomic mass is 127. The highest BCUT2D eigenvalue weighted by Gasteiger charge is 2.57. The first kappa shape index (κ1) is 28.9. The van der Waals surface area contributed by atoms with Gasteiger partial charge < -0.3 is 19.5 Å². The zero-order valence-electron chi connectivity index (χ0n) is 23.1. The zero-order chi connectivity index (χ0) is 28.6. The first-order chi connectivity index (χ1) is 19.3. The van der Waals surface area contributed by atoms with Crippen LogP contribution >= 0.6 is 22.6 Å². The van der Waals surface area contributed by atoms with Crippen LogP contribution in [0.4, 0.5) is 5.69 Å². The molecule has 0 radical (unpaired) electrons. The number of hydrogen-bond donors (Lipinski definition) is 2. The number of halogens is 1. The molecule has 0 unspecified atom stereocenters. The maximum atomic E-state index is 13.8. The van der Waals surface area contributed by atoms with Crippen molar-refractivity contribution in [2.24, 2.45) is 17.8 Å². The standard InChI is InChI=1S/C31H35BINO6/c1-4-18(13-19-14-24(33)29(35)26(15-19)39-3)11-12-25-27-20(5-2)16-22-28(23(27)17-32(38)40-25)31(37)34(30(22)36)21-9-7-6-8-10-21/h6-10,13-15,22-23,25,28,35,38H,4-5,11-12,16-17H2,1-3H3/b18-13+/t22-,23+,25-,28-/m1/s1. The first-order valence-corrected chi connectivity index (χ1v) is 15.1. The van der Waals surface area contributed by atoms with Gasteiger partial charge in [-0.3, -0.25) is 14.5 Å². The van der Waals surface area contributed by atoms with Gasteiger partial charge in [0, 0.05) is 0 Å². The number of ether oxygens (including phenoxy) is 1. The van der Waals surface area contributed by atoms with Crippen LogP contribution in [-0.4, -0.2) is 42.3 Å². The number of imide groups is 1. The topological polar surface area (TPSA) is 96.3 Å². The first-order valence-electron chi connectivity index (χ1n) is 14.0. The van der Waals surface area contributed by atoms with E-state index in [1.165, 1.54) is 23.2 Å². The fraction of sp³-hybridized carbons (Fsp3) is 0.419. The molecule has 2 saturated heterocycles. The molecule has 2 aliphatic heterocycles. The molecule has 7 nitrogen and oxygen atoms in total. The van der Waals surface area contributed by atoms with Gasteiger partial charge in [-0.15, -0.1) is 0 Å². The number of methoxy groups -OCH3 is 1. The Labute approximate surface area is 249 Å². The number of benzene rings is 2. The van der Waals surface area contributed by atoms with Crippen LogP contribution in [0.3, 0.4) is 0 Å². The summed E-state index contributed by atoms with van der Waals surface area (Å²) in [6.07, 6.45) is 5.70. The quantitative estimate of drug-likeness (QED) is 0.157. The lowest BCUT2D eigenvalue weighted by atomic mass is 9.58. The number of carbonyl (C=O) groups is 2. The van der Waals surface area contributed by atoms with Crippen LogP contribution in [0.25, 0.3) is 6.08 Å². The number of nitrogens with zero attached hydrogens (tertiary/aromatic N) is 1. The molecule has 0 bridgehead atoms. The Morgan fingerprint density at radius 3 is 2.60 bits per heavy atom. The summed E-state index contributed by atoms with van der Waals surface area (Å²) in [5.74, 6) is -0.841. The number of allylic oxidation sites excluding steroid dienone is 2. The molecule has 2 heterocycles. The van der Waals surface area contributed by atoms with E-state index < -0.39 is 19.0 Å². The second-order valence-corrected chi connectivity index (χ2v) is 11.9. The summed E-state index contributed by atoms with van der Waals surface area (Å²) < 4.78 is 12.2. The molecule has 40 heavy (non-hydrogen) atoms. The van der Waals surface area contributed by atoms with Crippen LogP contribution in [0.15, 0.2) is 59.2 Å². The van der Waals surface area contributed by atoms with Gasteiger partial charge in [-0.2, -0.15) is 0 Å². The fourth-order valence-corrected chi connectivity index (χ4v) is 7.30. The lowest BCUT2D eigenvalue weighted by Gasteiger charge is -2.43. The maximum Gasteiger partial charge on any atom is 0.455 e. The molecule has 2 fully saturated rings. The van der Waals surface area contributed by atoms with E-state index in [1.54, 1.807) is 12.1 Å². The van der Waals surface area contributed by atoms with Crippen molar-refractivity contribution in [2.75, 3.05) is 12.0 Å². The summed E-state index contributed by atoms with van der Waals surface area (Å²) >= 11 is 2.10. The predicted octanol–water partition coefficient (Wildman–Crippen LogP) is 5.99. The molecular weight excluding hydrogens is 620 g/mol. The number of aromatic hydroxyl groups is 1. The fourth-order valence-electron chi connectivity index (χ4n) is 6.67. The molecule has 5 rings (SSSR count). The van der Waals surface area contributed by atoms with Crippen LogP contribution in [0.1, 0.15) is 51.5 Å². The molecule has 3 aliphatic rings. The molecule has 0 spiro atoms. The number of fused-ring (bicyclic) bond motifs is 3. The van der Waals surface area contributed by atoms with Gasteiger partial charge in [0.05, 0.1) is 34.3 Å². The van der Waals surface area contributed by atoms with E-state index in [2.05, 4.69) is 42.5 Å². The van der Waals surface area contributed by atoms with E-state index in [-0.39, 0.29) is 29.6 Å². The van der Waals surface area contributed by atoms with Crippen molar-refractivity contribution >= 4 is 53.3 Å². The average Bonchev–Trinajstić information content (AvgIpc) is 3.21. The molecule has 0 saturated carbocycles. The van der Waals surface area contributed by atoms with E-state index >= 15 is 0 Å². The molecular formula is C31H35BINO6. The number of amides is 2. The number of phenolic OH excluding ortho intramolecular Hbond substituents is 1. The van der Waals surface area contributed by atoms with Crippen LogP contribution in [0, 0.1) is 21.3 Å². The summed E-state index contributed by atoms with van der Waals surface area (Å²) in [7, 11) is 0.554. The van der Waals surface area contributed by atoms with Crippen molar-refractivity contribution < 1.29 is 29.1 Å². The van der Waals surface area contributed by atoms with Crippen LogP contribution in [-0.2, 0) is 14.2 Å². The maximum absolute atomic E-state index is 13.8. The number of rotatable bonds is 8. The normalized spacial score (nSPS) is 24.9. The zero-order valence-corrected chi connectivity index (χ0v) is 25.3. The second-order valence-electron chi connectivity index (χ2n) is 10.8. The van der Waals surface area contributed by atoms with Gasteiger partial charge >= 0.3 is 7.12 Å². The molecule has 9 heteroatoms. The van der Waals surface area contributed by atoms with Crippen molar-refractivity contribution in [3.63, 3.8) is 0 Å². The smallest absolute Gasteiger partial charge is 0.455 e. The second kappa shape index (κ2) is 12.1. The Bertz CT molecular complexity index is 1360. The molecule has 210 valence electrons. The monoisotopic (exact) mass is 655 g/mol. The Balaban J connectivity index is 1.41. The minimum Gasteiger partial charge on any atom is -0.504 e. The van der Waals surface area contributed by atoms with Gasteiger partial charge in [0.25, 0.3) is 0 Å². The van der Waals surface area contributed by atoms with Crippen LogP contribution < -0.4 is 9.64 Å². The third kappa shape index (κ3) is 5.35. The van der Waals surface area contributed by atoms with Crippen molar-refractivity contribution in [2.45, 2.75) is 58.4 Å². The SMILES string of the molecule is CCC1=C2[C@@H](CC/C(=C/c3cc(I)c(O)c(OC)c3)CC)OB(O)C[C@@H]2[C@@H]2C(=O)N(c3ccccc3)C(=O)[C@@H]2C1. The third-order valence-corrected chi connectivity index (χ3v) is 9.39. The van der Waals surface area contributed by atoms with Gasteiger partial charge in [0.1, 0.15) is 0 Å². The number of carbonyl (C=O) groups excluding carboxylic acids is 2. The van der Waals surface area contributed by atoms with Gasteiger partial charge in [0.15, 0.2) is 11.5 Å². The van der Waals surface area contributed by atoms with Gasteiger partial charge in [-0.25, -0.2) is 0 Å².